The molecule has 0 spiro atoms. The summed E-state index contributed by atoms with van der Waals surface area (Å²) >= 11 is 0. The largest absolute Gasteiger partial charge is 0.491 e. The fourth-order valence-corrected chi connectivity index (χ4v) is 3.06. The number of fused-ring (bicyclic) bond motifs is 1. The maximum absolute atomic E-state index is 12.9. The number of amides is 1. The Morgan fingerprint density at radius 1 is 1.04 bits per heavy atom. The molecule has 3 rings (SSSR count). The number of nitrogens with one attached hydrogen (secondary N) is 1. The zero-order valence-corrected chi connectivity index (χ0v) is 14.7. The summed E-state index contributed by atoms with van der Waals surface area (Å²) in [4.78, 5) is 14.7. The van der Waals surface area contributed by atoms with Crippen LogP contribution in [0, 0.1) is 0 Å². The zero-order valence-electron chi connectivity index (χ0n) is 14.7. The number of carbonyl (C=O) groups is 1. The van der Waals surface area contributed by atoms with E-state index in [2.05, 4.69) is 5.32 Å². The highest BCUT2D eigenvalue weighted by atomic mass is 16.5. The summed E-state index contributed by atoms with van der Waals surface area (Å²) < 4.78 is 11.2. The highest BCUT2D eigenvalue weighted by Gasteiger charge is 2.33. The van der Waals surface area contributed by atoms with Crippen molar-refractivity contribution in [2.75, 3.05) is 31.7 Å². The average molecular weight is 340 g/mol. The lowest BCUT2D eigenvalue weighted by molar-refractivity contribution is 0.0689. The second kappa shape index (κ2) is 8.03. The number of hydrogen-bond acceptors (Lipinski definition) is 4. The summed E-state index contributed by atoms with van der Waals surface area (Å²) in [5.74, 6) is 0.802. The minimum atomic E-state index is -0.254. The van der Waals surface area contributed by atoms with Gasteiger partial charge in [0.25, 0.3) is 5.91 Å². The second-order valence-electron chi connectivity index (χ2n) is 5.77. The molecular weight excluding hydrogens is 316 g/mol. The normalized spacial score (nSPS) is 16.3. The van der Waals surface area contributed by atoms with E-state index in [9.17, 15) is 4.79 Å². The van der Waals surface area contributed by atoms with Crippen LogP contribution in [-0.4, -0.2) is 37.2 Å². The maximum Gasteiger partial charge on any atom is 0.257 e. The van der Waals surface area contributed by atoms with Crippen molar-refractivity contribution in [1.82, 2.24) is 4.90 Å². The molecule has 1 heterocycles. The van der Waals surface area contributed by atoms with Gasteiger partial charge in [0.05, 0.1) is 12.2 Å². The van der Waals surface area contributed by atoms with E-state index >= 15 is 0 Å². The predicted octanol–water partition coefficient (Wildman–Crippen LogP) is 3.69. The van der Waals surface area contributed by atoms with Gasteiger partial charge in [0.1, 0.15) is 18.5 Å². The fourth-order valence-electron chi connectivity index (χ4n) is 3.06. The van der Waals surface area contributed by atoms with E-state index in [0.717, 1.165) is 17.0 Å². The molecule has 5 heteroatoms. The molecule has 0 saturated carbocycles. The van der Waals surface area contributed by atoms with Crippen LogP contribution in [0.25, 0.3) is 0 Å². The summed E-state index contributed by atoms with van der Waals surface area (Å²) in [6.45, 7) is 6.25. The van der Waals surface area contributed by atoms with Crippen LogP contribution >= 0.6 is 0 Å². The van der Waals surface area contributed by atoms with E-state index in [0.29, 0.717) is 31.9 Å². The van der Waals surface area contributed by atoms with Gasteiger partial charge in [0, 0.05) is 24.4 Å². The first kappa shape index (κ1) is 17.3. The van der Waals surface area contributed by atoms with Crippen molar-refractivity contribution in [2.45, 2.75) is 20.0 Å². The molecule has 0 fully saturated rings. The molecular formula is C20H24N2O3. The highest BCUT2D eigenvalue weighted by Crippen LogP contribution is 2.36. The molecule has 0 aliphatic carbocycles. The van der Waals surface area contributed by atoms with Gasteiger partial charge >= 0.3 is 0 Å². The van der Waals surface area contributed by atoms with Crippen LogP contribution in [-0.2, 0) is 4.74 Å². The van der Waals surface area contributed by atoms with Crippen LogP contribution in [0.3, 0.4) is 0 Å². The van der Waals surface area contributed by atoms with E-state index < -0.39 is 0 Å². The highest BCUT2D eigenvalue weighted by molar-refractivity contribution is 6.01. The van der Waals surface area contributed by atoms with Crippen LogP contribution in [0.15, 0.2) is 48.5 Å². The van der Waals surface area contributed by atoms with Crippen molar-refractivity contribution < 1.29 is 14.3 Å². The van der Waals surface area contributed by atoms with Gasteiger partial charge in [-0.05, 0) is 32.0 Å². The zero-order chi connectivity index (χ0) is 17.6. The molecule has 1 atom stereocenters. The predicted molar refractivity (Wildman–Crippen MR) is 97.9 cm³/mol. The van der Waals surface area contributed by atoms with Gasteiger partial charge in [-0.3, -0.25) is 4.79 Å². The van der Waals surface area contributed by atoms with Gasteiger partial charge in [-0.25, -0.2) is 0 Å². The Bertz CT molecular complexity index is 732. The van der Waals surface area contributed by atoms with Gasteiger partial charge in [0.2, 0.25) is 0 Å². The molecule has 0 radical (unpaired) electrons. The maximum atomic E-state index is 12.9. The molecule has 0 bridgehead atoms. The lowest BCUT2D eigenvalue weighted by atomic mass is 10.0. The van der Waals surface area contributed by atoms with Crippen LogP contribution in [0.5, 0.6) is 5.75 Å². The van der Waals surface area contributed by atoms with E-state index in [-0.39, 0.29) is 12.1 Å². The molecule has 5 nitrogen and oxygen atoms in total. The lowest BCUT2D eigenvalue weighted by Gasteiger charge is -2.38. The van der Waals surface area contributed by atoms with Crippen molar-refractivity contribution in [3.8, 4) is 5.75 Å². The number of carbonyl (C=O) groups excluding carboxylic acids is 1. The third-order valence-electron chi connectivity index (χ3n) is 4.27. The number of benzene rings is 2. The van der Waals surface area contributed by atoms with E-state index in [4.69, 9.17) is 9.47 Å². The Morgan fingerprint density at radius 3 is 2.60 bits per heavy atom. The van der Waals surface area contributed by atoms with Crippen molar-refractivity contribution in [2.24, 2.45) is 0 Å². The summed E-state index contributed by atoms with van der Waals surface area (Å²) in [6, 6.07) is 15.4. The second-order valence-corrected chi connectivity index (χ2v) is 5.77. The number of ether oxygens (including phenoxy) is 2. The van der Waals surface area contributed by atoms with Crippen molar-refractivity contribution in [3.63, 3.8) is 0 Å². The molecule has 132 valence electrons. The quantitative estimate of drug-likeness (QED) is 0.781. The van der Waals surface area contributed by atoms with Gasteiger partial charge in [0.15, 0.2) is 0 Å². The van der Waals surface area contributed by atoms with Crippen molar-refractivity contribution in [3.05, 3.63) is 59.7 Å². The van der Waals surface area contributed by atoms with Gasteiger partial charge < -0.3 is 19.7 Å². The fraction of sp³-hybridized carbons (Fsp3) is 0.350. The monoisotopic (exact) mass is 340 g/mol. The lowest BCUT2D eigenvalue weighted by Crippen LogP contribution is -2.42. The van der Waals surface area contributed by atoms with Crippen molar-refractivity contribution >= 4 is 11.6 Å². The third kappa shape index (κ3) is 3.61. The van der Waals surface area contributed by atoms with Crippen LogP contribution in [0.2, 0.25) is 0 Å². The summed E-state index contributed by atoms with van der Waals surface area (Å²) in [7, 11) is 0. The molecule has 1 unspecified atom stereocenters. The number of anilines is 1. The van der Waals surface area contributed by atoms with Gasteiger partial charge in [-0.1, -0.05) is 30.3 Å². The van der Waals surface area contributed by atoms with Gasteiger partial charge in [-0.2, -0.15) is 0 Å². The molecule has 1 aliphatic heterocycles. The number of rotatable bonds is 7. The molecule has 2 aromatic carbocycles. The van der Waals surface area contributed by atoms with E-state index in [1.54, 1.807) is 0 Å². The molecule has 2 aromatic rings. The smallest absolute Gasteiger partial charge is 0.257 e. The molecule has 1 amide bonds. The molecule has 0 saturated heterocycles. The molecule has 25 heavy (non-hydrogen) atoms. The number of nitrogens with zero attached hydrogens (tertiary/aromatic N) is 1. The van der Waals surface area contributed by atoms with Crippen LogP contribution in [0.1, 0.15) is 35.9 Å². The summed E-state index contributed by atoms with van der Waals surface area (Å²) in [5, 5.41) is 3.48. The SMILES string of the molecule is CCOCCOc1ccccc1C1Nc2ccccc2C(=O)N1CC. The third-order valence-corrected chi connectivity index (χ3v) is 4.27. The topological polar surface area (TPSA) is 50.8 Å². The Hall–Kier alpha value is -2.53. The average Bonchev–Trinajstić information content (AvgIpc) is 2.65. The van der Waals surface area contributed by atoms with E-state index in [1.165, 1.54) is 0 Å². The van der Waals surface area contributed by atoms with Crippen LogP contribution < -0.4 is 10.1 Å². The standard InChI is InChI=1S/C20H24N2O3/c1-3-22-19(21-17-11-7-5-9-15(17)20(22)23)16-10-6-8-12-18(16)25-14-13-24-4-2/h5-12,19,21H,3-4,13-14H2,1-2H3. The van der Waals surface area contributed by atoms with E-state index in [1.807, 2.05) is 67.3 Å². The first-order chi connectivity index (χ1) is 12.3. The Labute approximate surface area is 148 Å². The summed E-state index contributed by atoms with van der Waals surface area (Å²) in [6.07, 6.45) is -0.254. The molecule has 0 aromatic heterocycles. The van der Waals surface area contributed by atoms with Crippen LogP contribution in [0.4, 0.5) is 5.69 Å². The Kier molecular flexibility index (Phi) is 5.56. The van der Waals surface area contributed by atoms with Gasteiger partial charge in [-0.15, -0.1) is 0 Å². The Morgan fingerprint density at radius 2 is 1.80 bits per heavy atom. The van der Waals surface area contributed by atoms with Crippen molar-refractivity contribution in [1.29, 1.82) is 0 Å². The minimum absolute atomic E-state index is 0.0333. The first-order valence-electron chi connectivity index (χ1n) is 8.72. The molecule has 1 N–H and O–H groups in total. The first-order valence-corrected chi connectivity index (χ1v) is 8.72. The Balaban J connectivity index is 1.89. The minimum Gasteiger partial charge on any atom is -0.491 e. The number of hydrogen-bond donors (Lipinski definition) is 1. The summed E-state index contributed by atoms with van der Waals surface area (Å²) in [5.41, 5.74) is 2.50. The number of para-hydroxylation sites is 2. The molecule has 1 aliphatic rings.